The molecule has 4 rings (SSSR count). The summed E-state index contributed by atoms with van der Waals surface area (Å²) in [6.07, 6.45) is 0.139. The smallest absolute Gasteiger partial charge is 0.420 e. The Morgan fingerprint density at radius 1 is 1.36 bits per heavy atom. The fourth-order valence-corrected chi connectivity index (χ4v) is 5.06. The summed E-state index contributed by atoms with van der Waals surface area (Å²) < 4.78 is 72.0. The van der Waals surface area contributed by atoms with Gasteiger partial charge in [0.1, 0.15) is 5.15 Å². The van der Waals surface area contributed by atoms with E-state index < -0.39 is 46.0 Å². The van der Waals surface area contributed by atoms with Crippen molar-refractivity contribution in [2.45, 2.75) is 12.2 Å². The molecule has 1 N–H and O–H groups in total. The molecule has 178 valence electrons. The minimum atomic E-state index is -4.77. The van der Waals surface area contributed by atoms with Gasteiger partial charge >= 0.3 is 6.18 Å². The predicted octanol–water partition coefficient (Wildman–Crippen LogP) is 2.34. The SMILES string of the molecule is CS(=O)(=O)N(CCO)C1CN(C(=O)c2nc3c(C(F)(F)F)cc(-c4ccoc4)cn3c2Cl)C1. The van der Waals surface area contributed by atoms with E-state index >= 15 is 0 Å². The Labute approximate surface area is 191 Å². The van der Waals surface area contributed by atoms with Gasteiger partial charge in [0.2, 0.25) is 10.0 Å². The van der Waals surface area contributed by atoms with Gasteiger partial charge in [0.05, 0.1) is 37.0 Å². The predicted molar refractivity (Wildman–Crippen MR) is 111 cm³/mol. The molecule has 0 unspecified atom stereocenters. The fraction of sp³-hybridized carbons (Fsp3) is 0.368. The molecule has 9 nitrogen and oxygen atoms in total. The van der Waals surface area contributed by atoms with Crippen LogP contribution in [0.4, 0.5) is 13.2 Å². The first-order valence-electron chi connectivity index (χ1n) is 9.60. The van der Waals surface area contributed by atoms with Gasteiger partial charge in [-0.1, -0.05) is 11.6 Å². The Balaban J connectivity index is 1.68. The molecule has 1 aliphatic heterocycles. The molecule has 14 heteroatoms. The van der Waals surface area contributed by atoms with E-state index in [0.29, 0.717) is 5.56 Å². The number of carbonyl (C=O) groups is 1. The summed E-state index contributed by atoms with van der Waals surface area (Å²) in [5, 5.41) is 8.81. The number of hydrogen-bond donors (Lipinski definition) is 1. The molecule has 0 aliphatic carbocycles. The van der Waals surface area contributed by atoms with Gasteiger partial charge in [0, 0.05) is 37.0 Å². The average molecular weight is 507 g/mol. The summed E-state index contributed by atoms with van der Waals surface area (Å²) in [5.74, 6) is -0.726. The summed E-state index contributed by atoms with van der Waals surface area (Å²) >= 11 is 6.28. The van der Waals surface area contributed by atoms with Gasteiger partial charge in [-0.3, -0.25) is 9.20 Å². The summed E-state index contributed by atoms with van der Waals surface area (Å²) in [6.45, 7) is -0.549. The zero-order valence-corrected chi connectivity index (χ0v) is 18.7. The van der Waals surface area contributed by atoms with Gasteiger partial charge in [-0.05, 0) is 12.1 Å². The highest BCUT2D eigenvalue weighted by molar-refractivity contribution is 7.88. The number of hydrogen-bond acceptors (Lipinski definition) is 6. The van der Waals surface area contributed by atoms with Crippen LogP contribution in [0.15, 0.2) is 35.3 Å². The summed E-state index contributed by atoms with van der Waals surface area (Å²) in [7, 11) is -3.62. The first-order valence-corrected chi connectivity index (χ1v) is 11.8. The number of imidazole rings is 1. The van der Waals surface area contributed by atoms with E-state index in [1.54, 1.807) is 0 Å². The standard InChI is InChI=1S/C19H18ClF3N4O5S/c1-33(30,31)27(3-4-28)13-8-25(9-13)18(29)15-16(20)26-7-12(11-2-5-32-10-11)6-14(17(26)24-15)19(21,22)23/h2,5-7,10,13,28H,3-4,8-9H2,1H3. The van der Waals surface area contributed by atoms with E-state index in [1.807, 2.05) is 0 Å². The normalized spacial score (nSPS) is 15.4. The highest BCUT2D eigenvalue weighted by atomic mass is 35.5. The number of carbonyl (C=O) groups excluding carboxylic acids is 1. The number of aliphatic hydroxyl groups excluding tert-OH is 1. The van der Waals surface area contributed by atoms with Gasteiger partial charge < -0.3 is 14.4 Å². The molecule has 0 bridgehead atoms. The van der Waals surface area contributed by atoms with Gasteiger partial charge in [-0.2, -0.15) is 17.5 Å². The number of halogens is 4. The van der Waals surface area contributed by atoms with Crippen LogP contribution in [-0.4, -0.2) is 76.6 Å². The second kappa shape index (κ2) is 8.31. The fourth-order valence-electron chi connectivity index (χ4n) is 3.72. The van der Waals surface area contributed by atoms with Crippen LogP contribution >= 0.6 is 11.6 Å². The average Bonchev–Trinajstić information content (AvgIpc) is 3.32. The van der Waals surface area contributed by atoms with Crippen molar-refractivity contribution in [3.63, 3.8) is 0 Å². The van der Waals surface area contributed by atoms with Crippen molar-refractivity contribution in [2.24, 2.45) is 0 Å². The van der Waals surface area contributed by atoms with Gasteiger partial charge in [0.25, 0.3) is 5.91 Å². The first-order chi connectivity index (χ1) is 15.4. The quantitative estimate of drug-likeness (QED) is 0.550. The van der Waals surface area contributed by atoms with Crippen molar-refractivity contribution in [3.05, 3.63) is 47.3 Å². The lowest BCUT2D eigenvalue weighted by molar-refractivity contribution is -0.136. The van der Waals surface area contributed by atoms with E-state index in [9.17, 15) is 26.4 Å². The molecule has 0 saturated carbocycles. The molecular formula is C19H18ClF3N4O5S. The number of nitrogens with zero attached hydrogens (tertiary/aromatic N) is 4. The van der Waals surface area contributed by atoms with E-state index in [1.165, 1.54) is 29.7 Å². The van der Waals surface area contributed by atoms with Crippen molar-refractivity contribution in [1.29, 1.82) is 0 Å². The molecule has 1 saturated heterocycles. The first kappa shape index (κ1) is 23.5. The molecule has 1 fully saturated rings. The van der Waals surface area contributed by atoms with Gasteiger partial charge in [-0.25, -0.2) is 13.4 Å². The summed E-state index contributed by atoms with van der Waals surface area (Å²) in [5.41, 5.74) is -1.43. The molecule has 33 heavy (non-hydrogen) atoms. The van der Waals surface area contributed by atoms with Crippen LogP contribution in [0.2, 0.25) is 5.15 Å². The van der Waals surface area contributed by atoms with Crippen molar-refractivity contribution in [3.8, 4) is 11.1 Å². The van der Waals surface area contributed by atoms with Crippen LogP contribution in [0.5, 0.6) is 0 Å². The van der Waals surface area contributed by atoms with Gasteiger partial charge in [0.15, 0.2) is 11.3 Å². The van der Waals surface area contributed by atoms with Crippen LogP contribution < -0.4 is 0 Å². The lowest BCUT2D eigenvalue weighted by atomic mass is 10.1. The number of alkyl halides is 3. The van der Waals surface area contributed by atoms with Crippen LogP contribution in [0.1, 0.15) is 16.1 Å². The summed E-state index contributed by atoms with van der Waals surface area (Å²) in [4.78, 5) is 18.0. The number of likely N-dealkylation sites (tertiary alicyclic amines) is 1. The largest absolute Gasteiger partial charge is 0.472 e. The third kappa shape index (κ3) is 4.33. The second-order valence-electron chi connectivity index (χ2n) is 7.56. The monoisotopic (exact) mass is 506 g/mol. The zero-order chi connectivity index (χ0) is 24.1. The number of amides is 1. The number of aromatic nitrogens is 2. The summed E-state index contributed by atoms with van der Waals surface area (Å²) in [6, 6.07) is 1.82. The molecule has 0 atom stereocenters. The minimum absolute atomic E-state index is 0.0114. The second-order valence-corrected chi connectivity index (χ2v) is 9.85. The molecule has 4 heterocycles. The Morgan fingerprint density at radius 3 is 2.61 bits per heavy atom. The number of aliphatic hydroxyl groups is 1. The molecule has 0 aromatic carbocycles. The maximum absolute atomic E-state index is 13.7. The number of furan rings is 1. The number of pyridine rings is 1. The molecule has 0 spiro atoms. The number of fused-ring (bicyclic) bond motifs is 1. The molecule has 1 amide bonds. The Hall–Kier alpha value is -2.61. The molecule has 3 aromatic rings. The van der Waals surface area contributed by atoms with E-state index in [2.05, 4.69) is 4.98 Å². The van der Waals surface area contributed by atoms with E-state index in [-0.39, 0.29) is 36.0 Å². The molecule has 0 radical (unpaired) electrons. The molecular weight excluding hydrogens is 489 g/mol. The highest BCUT2D eigenvalue weighted by Gasteiger charge is 2.41. The molecule has 1 aliphatic rings. The van der Waals surface area contributed by atoms with Gasteiger partial charge in [-0.15, -0.1) is 0 Å². The lowest BCUT2D eigenvalue weighted by Crippen LogP contribution is -2.62. The maximum atomic E-state index is 13.7. The van der Waals surface area contributed by atoms with E-state index in [4.69, 9.17) is 21.1 Å². The highest BCUT2D eigenvalue weighted by Crippen LogP contribution is 2.37. The lowest BCUT2D eigenvalue weighted by Gasteiger charge is -2.43. The topological polar surface area (TPSA) is 108 Å². The Morgan fingerprint density at radius 2 is 2.06 bits per heavy atom. The van der Waals surface area contributed by atoms with Crippen LogP contribution in [0.3, 0.4) is 0 Å². The number of rotatable bonds is 6. The third-order valence-electron chi connectivity index (χ3n) is 5.33. The zero-order valence-electron chi connectivity index (χ0n) is 17.1. The van der Waals surface area contributed by atoms with Crippen LogP contribution in [0.25, 0.3) is 16.8 Å². The Kier molecular flexibility index (Phi) is 5.93. The van der Waals surface area contributed by atoms with Crippen molar-refractivity contribution in [1.82, 2.24) is 18.6 Å². The van der Waals surface area contributed by atoms with Crippen LogP contribution in [0, 0.1) is 0 Å². The van der Waals surface area contributed by atoms with E-state index in [0.717, 1.165) is 21.0 Å². The molecule has 3 aromatic heterocycles. The third-order valence-corrected chi connectivity index (χ3v) is 7.02. The van der Waals surface area contributed by atoms with Crippen molar-refractivity contribution < 1.29 is 35.9 Å². The van der Waals surface area contributed by atoms with Crippen molar-refractivity contribution in [2.75, 3.05) is 32.5 Å². The van der Waals surface area contributed by atoms with Crippen molar-refractivity contribution >= 4 is 33.2 Å². The minimum Gasteiger partial charge on any atom is -0.472 e. The maximum Gasteiger partial charge on any atom is 0.420 e. The number of sulfonamides is 1. The van der Waals surface area contributed by atoms with Crippen LogP contribution in [-0.2, 0) is 16.2 Å². The Bertz CT molecular complexity index is 1300.